The molecule has 0 aliphatic carbocycles. The third-order valence-electron chi connectivity index (χ3n) is 3.21. The lowest BCUT2D eigenvalue weighted by Crippen LogP contribution is -2.27. The van der Waals surface area contributed by atoms with Gasteiger partial charge in [0.25, 0.3) is 5.91 Å². The summed E-state index contributed by atoms with van der Waals surface area (Å²) in [4.78, 5) is 16.3. The summed E-state index contributed by atoms with van der Waals surface area (Å²) in [7, 11) is 3.16. The molecule has 0 saturated heterocycles. The van der Waals surface area contributed by atoms with Gasteiger partial charge in [0, 0.05) is 32.4 Å². The highest BCUT2D eigenvalue weighted by molar-refractivity contribution is 5.97. The average Bonchev–Trinajstić information content (AvgIpc) is 2.92. The number of aryl methyl sites for hydroxylation is 1. The average molecular weight is 325 g/mol. The van der Waals surface area contributed by atoms with Crippen LogP contribution in [0.1, 0.15) is 16.2 Å². The van der Waals surface area contributed by atoms with Crippen LogP contribution in [-0.2, 0) is 13.5 Å². The molecule has 1 heterocycles. The van der Waals surface area contributed by atoms with E-state index in [1.54, 1.807) is 12.4 Å². The van der Waals surface area contributed by atoms with Gasteiger partial charge < -0.3 is 19.4 Å². The third kappa shape index (κ3) is 4.18. The summed E-state index contributed by atoms with van der Waals surface area (Å²) in [5, 5.41) is 2.66. The van der Waals surface area contributed by atoms with Crippen molar-refractivity contribution in [2.45, 2.75) is 13.0 Å². The van der Waals surface area contributed by atoms with Crippen molar-refractivity contribution in [1.29, 1.82) is 0 Å². The minimum absolute atomic E-state index is 0.00973. The second-order valence-corrected chi connectivity index (χ2v) is 4.68. The Kier molecular flexibility index (Phi) is 5.51. The Hall–Kier alpha value is -2.64. The van der Waals surface area contributed by atoms with E-state index < -0.39 is 12.5 Å². The summed E-state index contributed by atoms with van der Waals surface area (Å²) in [5.41, 5.74) is -0.00973. The van der Waals surface area contributed by atoms with E-state index in [1.165, 1.54) is 25.3 Å². The molecule has 0 aliphatic heterocycles. The van der Waals surface area contributed by atoms with Crippen molar-refractivity contribution >= 4 is 5.91 Å². The summed E-state index contributed by atoms with van der Waals surface area (Å²) in [6.45, 7) is -2.74. The Balaban J connectivity index is 2.07. The largest absolute Gasteiger partial charge is 0.493 e. The first-order valence-electron chi connectivity index (χ1n) is 6.89. The Bertz CT molecular complexity index is 674. The number of nitrogens with zero attached hydrogens (tertiary/aromatic N) is 2. The Morgan fingerprint density at radius 2 is 2.22 bits per heavy atom. The van der Waals surface area contributed by atoms with E-state index in [-0.39, 0.29) is 17.1 Å². The lowest BCUT2D eigenvalue weighted by atomic mass is 10.1. The van der Waals surface area contributed by atoms with Gasteiger partial charge in [-0.3, -0.25) is 4.79 Å². The number of rotatable bonds is 7. The van der Waals surface area contributed by atoms with Gasteiger partial charge in [-0.1, -0.05) is 6.07 Å². The maximum absolute atomic E-state index is 12.5. The number of carbonyl (C=O) groups excluding carboxylic acids is 1. The van der Waals surface area contributed by atoms with E-state index in [9.17, 15) is 13.6 Å². The molecule has 0 bridgehead atoms. The number of nitrogens with one attached hydrogen (secondary N) is 1. The van der Waals surface area contributed by atoms with Crippen molar-refractivity contribution in [3.8, 4) is 11.5 Å². The normalized spacial score (nSPS) is 10.7. The molecular formula is C15H17F2N3O3. The molecule has 0 unspecified atom stereocenters. The number of carbonyl (C=O) groups is 1. The van der Waals surface area contributed by atoms with Crippen LogP contribution < -0.4 is 14.8 Å². The molecule has 1 amide bonds. The predicted octanol–water partition coefficient (Wildman–Crippen LogP) is 2.00. The number of hydrogen-bond donors (Lipinski definition) is 1. The van der Waals surface area contributed by atoms with Crippen molar-refractivity contribution in [1.82, 2.24) is 14.9 Å². The SMILES string of the molecule is COc1cccc(C(=O)NCCc2nccn2C)c1OC(F)F. The molecule has 0 atom stereocenters. The van der Waals surface area contributed by atoms with Crippen LogP contribution in [-0.4, -0.2) is 35.7 Å². The third-order valence-corrected chi connectivity index (χ3v) is 3.21. The van der Waals surface area contributed by atoms with E-state index in [0.29, 0.717) is 13.0 Å². The highest BCUT2D eigenvalue weighted by atomic mass is 19.3. The standard InChI is InChI=1S/C15H17F2N3O3/c1-20-9-8-18-12(20)6-7-19-14(21)10-4-3-5-11(22-2)13(10)23-15(16)17/h3-5,8-9,15H,6-7H2,1-2H3,(H,19,21). The highest BCUT2D eigenvalue weighted by Crippen LogP contribution is 2.32. The lowest BCUT2D eigenvalue weighted by Gasteiger charge is -2.14. The molecule has 2 rings (SSSR count). The van der Waals surface area contributed by atoms with Crippen LogP contribution >= 0.6 is 0 Å². The summed E-state index contributed by atoms with van der Waals surface area (Å²) in [6, 6.07) is 4.38. The van der Waals surface area contributed by atoms with E-state index >= 15 is 0 Å². The number of alkyl halides is 2. The van der Waals surface area contributed by atoms with Crippen molar-refractivity contribution in [2.75, 3.05) is 13.7 Å². The Morgan fingerprint density at radius 3 is 2.83 bits per heavy atom. The van der Waals surface area contributed by atoms with Crippen LogP contribution in [0, 0.1) is 0 Å². The maximum atomic E-state index is 12.5. The number of benzene rings is 1. The quantitative estimate of drug-likeness (QED) is 0.846. The molecule has 23 heavy (non-hydrogen) atoms. The zero-order chi connectivity index (χ0) is 16.8. The zero-order valence-corrected chi connectivity index (χ0v) is 12.8. The fraction of sp³-hybridized carbons (Fsp3) is 0.333. The molecule has 2 aromatic rings. The van der Waals surface area contributed by atoms with E-state index in [1.807, 2.05) is 11.6 Å². The summed E-state index contributed by atoms with van der Waals surface area (Å²) < 4.78 is 36.3. The van der Waals surface area contributed by atoms with E-state index in [2.05, 4.69) is 15.0 Å². The zero-order valence-electron chi connectivity index (χ0n) is 12.8. The van der Waals surface area contributed by atoms with Gasteiger partial charge in [-0.05, 0) is 12.1 Å². The predicted molar refractivity (Wildman–Crippen MR) is 78.9 cm³/mol. The summed E-state index contributed by atoms with van der Waals surface area (Å²) >= 11 is 0. The van der Waals surface area contributed by atoms with Crippen molar-refractivity contribution < 1.29 is 23.0 Å². The molecule has 1 aromatic carbocycles. The maximum Gasteiger partial charge on any atom is 0.387 e. The van der Waals surface area contributed by atoms with Crippen molar-refractivity contribution in [2.24, 2.45) is 7.05 Å². The molecule has 124 valence electrons. The first-order valence-corrected chi connectivity index (χ1v) is 6.89. The second-order valence-electron chi connectivity index (χ2n) is 4.68. The van der Waals surface area contributed by atoms with Gasteiger partial charge in [0.1, 0.15) is 5.82 Å². The Labute approximate surface area is 132 Å². The summed E-state index contributed by atoms with van der Waals surface area (Å²) in [5.74, 6) is 0.0790. The number of hydrogen-bond acceptors (Lipinski definition) is 4. The molecule has 0 saturated carbocycles. The second kappa shape index (κ2) is 7.57. The molecule has 1 N–H and O–H groups in total. The van der Waals surface area contributed by atoms with Gasteiger partial charge in [-0.15, -0.1) is 0 Å². The van der Waals surface area contributed by atoms with Crippen LogP contribution in [0.3, 0.4) is 0 Å². The van der Waals surface area contributed by atoms with E-state index in [0.717, 1.165) is 5.82 Å². The Morgan fingerprint density at radius 1 is 1.43 bits per heavy atom. The molecule has 0 aliphatic rings. The van der Waals surface area contributed by atoms with Gasteiger partial charge in [0.2, 0.25) is 0 Å². The fourth-order valence-corrected chi connectivity index (χ4v) is 2.09. The number of ether oxygens (including phenoxy) is 2. The van der Waals surface area contributed by atoms with Crippen LogP contribution in [0.5, 0.6) is 11.5 Å². The topological polar surface area (TPSA) is 65.4 Å². The molecule has 6 nitrogen and oxygen atoms in total. The minimum Gasteiger partial charge on any atom is -0.493 e. The molecule has 0 spiro atoms. The van der Waals surface area contributed by atoms with Gasteiger partial charge in [0.15, 0.2) is 11.5 Å². The van der Waals surface area contributed by atoms with Crippen LogP contribution in [0.4, 0.5) is 8.78 Å². The monoisotopic (exact) mass is 325 g/mol. The number of amides is 1. The smallest absolute Gasteiger partial charge is 0.387 e. The molecular weight excluding hydrogens is 308 g/mol. The number of halogens is 2. The lowest BCUT2D eigenvalue weighted by molar-refractivity contribution is -0.0515. The number of para-hydroxylation sites is 1. The molecule has 0 radical (unpaired) electrons. The molecule has 8 heteroatoms. The fourth-order valence-electron chi connectivity index (χ4n) is 2.09. The van der Waals surface area contributed by atoms with Crippen molar-refractivity contribution in [3.63, 3.8) is 0 Å². The highest BCUT2D eigenvalue weighted by Gasteiger charge is 2.20. The van der Waals surface area contributed by atoms with Crippen molar-refractivity contribution in [3.05, 3.63) is 42.0 Å². The van der Waals surface area contributed by atoms with Gasteiger partial charge in [-0.25, -0.2) is 4.98 Å². The van der Waals surface area contributed by atoms with E-state index in [4.69, 9.17) is 4.74 Å². The van der Waals surface area contributed by atoms with Crippen LogP contribution in [0.15, 0.2) is 30.6 Å². The summed E-state index contributed by atoms with van der Waals surface area (Å²) in [6.07, 6.45) is 3.98. The van der Waals surface area contributed by atoms with Gasteiger partial charge >= 0.3 is 6.61 Å². The van der Waals surface area contributed by atoms with Crippen LogP contribution in [0.2, 0.25) is 0 Å². The van der Waals surface area contributed by atoms with Crippen LogP contribution in [0.25, 0.3) is 0 Å². The number of methoxy groups -OCH3 is 1. The van der Waals surface area contributed by atoms with Gasteiger partial charge in [0.05, 0.1) is 12.7 Å². The molecule has 0 fully saturated rings. The number of imidazole rings is 1. The van der Waals surface area contributed by atoms with Gasteiger partial charge in [-0.2, -0.15) is 8.78 Å². The first-order chi connectivity index (χ1) is 11.0. The first kappa shape index (κ1) is 16.7. The minimum atomic E-state index is -3.05. The molecule has 1 aromatic heterocycles. The number of aromatic nitrogens is 2.